The molecular weight excluding hydrogens is 236 g/mol. The minimum atomic E-state index is 0.0541. The van der Waals surface area contributed by atoms with E-state index < -0.39 is 0 Å². The molecule has 0 atom stereocenters. The van der Waals surface area contributed by atoms with Gasteiger partial charge in [0.05, 0.1) is 11.0 Å². The van der Waals surface area contributed by atoms with Gasteiger partial charge in [-0.2, -0.15) is 0 Å². The fourth-order valence-electron chi connectivity index (χ4n) is 2.64. The van der Waals surface area contributed by atoms with Crippen LogP contribution < -0.4 is 5.69 Å². The van der Waals surface area contributed by atoms with Crippen molar-refractivity contribution in [3.05, 3.63) is 33.7 Å². The van der Waals surface area contributed by atoms with Crippen LogP contribution in [0.3, 0.4) is 0 Å². The fraction of sp³-hybridized carbons (Fsp3) is 0.562. The maximum Gasteiger partial charge on any atom is 0.328 e. The van der Waals surface area contributed by atoms with Crippen molar-refractivity contribution in [2.24, 2.45) is 14.1 Å². The Morgan fingerprint density at radius 1 is 1.11 bits per heavy atom. The van der Waals surface area contributed by atoms with Crippen LogP contribution in [0.1, 0.15) is 45.2 Å². The third-order valence-electron chi connectivity index (χ3n) is 3.82. The first kappa shape index (κ1) is 13.9. The van der Waals surface area contributed by atoms with Gasteiger partial charge in [0.2, 0.25) is 0 Å². The Bertz CT molecular complexity index is 669. The highest BCUT2D eigenvalue weighted by molar-refractivity contribution is 5.81. The summed E-state index contributed by atoms with van der Waals surface area (Å²) >= 11 is 0. The summed E-state index contributed by atoms with van der Waals surface area (Å²) in [5.41, 5.74) is 4.86. The van der Waals surface area contributed by atoms with Crippen molar-refractivity contribution in [2.75, 3.05) is 0 Å². The first-order valence-electron chi connectivity index (χ1n) is 6.96. The van der Waals surface area contributed by atoms with Crippen LogP contribution in [0.5, 0.6) is 0 Å². The molecule has 0 N–H and O–H groups in total. The van der Waals surface area contributed by atoms with Gasteiger partial charge in [-0.15, -0.1) is 0 Å². The summed E-state index contributed by atoms with van der Waals surface area (Å²) in [6.07, 6.45) is 2.10. The molecule has 0 radical (unpaired) electrons. The lowest BCUT2D eigenvalue weighted by Crippen LogP contribution is -2.19. The van der Waals surface area contributed by atoms with E-state index in [0.29, 0.717) is 0 Å². The lowest BCUT2D eigenvalue weighted by atomic mass is 9.85. The van der Waals surface area contributed by atoms with Gasteiger partial charge in [0.25, 0.3) is 0 Å². The number of benzene rings is 1. The second-order valence-electron chi connectivity index (χ2n) is 6.40. The summed E-state index contributed by atoms with van der Waals surface area (Å²) < 4.78 is 3.52. The largest absolute Gasteiger partial charge is 0.328 e. The average Bonchev–Trinajstić information content (AvgIpc) is 2.54. The van der Waals surface area contributed by atoms with Crippen molar-refractivity contribution in [1.29, 1.82) is 0 Å². The van der Waals surface area contributed by atoms with Crippen molar-refractivity contribution >= 4 is 11.0 Å². The minimum Gasteiger partial charge on any atom is -0.295 e. The third-order valence-corrected chi connectivity index (χ3v) is 3.82. The molecule has 2 rings (SSSR count). The Balaban J connectivity index is 2.88. The number of hydrogen-bond donors (Lipinski definition) is 0. The van der Waals surface area contributed by atoms with Crippen molar-refractivity contribution < 1.29 is 0 Å². The number of hydrogen-bond acceptors (Lipinski definition) is 1. The Morgan fingerprint density at radius 3 is 2.26 bits per heavy atom. The van der Waals surface area contributed by atoms with Crippen LogP contribution >= 0.6 is 0 Å². The van der Waals surface area contributed by atoms with Crippen LogP contribution in [0, 0.1) is 0 Å². The summed E-state index contributed by atoms with van der Waals surface area (Å²) in [6.45, 7) is 8.82. The Labute approximate surface area is 114 Å². The van der Waals surface area contributed by atoms with E-state index in [1.165, 1.54) is 11.1 Å². The molecule has 0 saturated heterocycles. The Hall–Kier alpha value is -1.51. The molecule has 3 heteroatoms. The van der Waals surface area contributed by atoms with Gasteiger partial charge in [-0.3, -0.25) is 9.13 Å². The first-order valence-corrected chi connectivity index (χ1v) is 6.96. The van der Waals surface area contributed by atoms with Crippen LogP contribution in [-0.4, -0.2) is 9.13 Å². The molecule has 0 aliphatic carbocycles. The average molecular weight is 260 g/mol. The third kappa shape index (κ3) is 2.22. The fourth-order valence-corrected chi connectivity index (χ4v) is 2.64. The lowest BCUT2D eigenvalue weighted by molar-refractivity contribution is 0.589. The van der Waals surface area contributed by atoms with Gasteiger partial charge >= 0.3 is 5.69 Å². The van der Waals surface area contributed by atoms with Crippen LogP contribution in [0.25, 0.3) is 11.0 Å². The molecule has 0 bridgehead atoms. The molecule has 0 spiro atoms. The summed E-state index contributed by atoms with van der Waals surface area (Å²) in [5, 5.41) is 0. The van der Waals surface area contributed by atoms with E-state index in [-0.39, 0.29) is 11.1 Å². The van der Waals surface area contributed by atoms with E-state index in [0.717, 1.165) is 23.9 Å². The molecule has 2 aromatic rings. The molecule has 0 fully saturated rings. The second kappa shape index (κ2) is 4.55. The lowest BCUT2D eigenvalue weighted by Gasteiger charge is -2.21. The predicted molar refractivity (Wildman–Crippen MR) is 80.9 cm³/mol. The molecule has 1 heterocycles. The molecule has 3 nitrogen and oxygen atoms in total. The molecule has 1 aromatic carbocycles. The number of aryl methyl sites for hydroxylation is 3. The summed E-state index contributed by atoms with van der Waals surface area (Å²) in [5.74, 6) is 0. The second-order valence-corrected chi connectivity index (χ2v) is 6.40. The van der Waals surface area contributed by atoms with Gasteiger partial charge in [0.15, 0.2) is 0 Å². The van der Waals surface area contributed by atoms with Crippen molar-refractivity contribution in [3.63, 3.8) is 0 Å². The van der Waals surface area contributed by atoms with Crippen LogP contribution in [0.15, 0.2) is 16.9 Å². The van der Waals surface area contributed by atoms with E-state index in [4.69, 9.17) is 0 Å². The zero-order chi connectivity index (χ0) is 14.4. The van der Waals surface area contributed by atoms with E-state index in [2.05, 4.69) is 39.8 Å². The highest BCUT2D eigenvalue weighted by Gasteiger charge is 2.19. The predicted octanol–water partition coefficient (Wildman–Crippen LogP) is 3.13. The van der Waals surface area contributed by atoms with Gasteiger partial charge < -0.3 is 0 Å². The quantitative estimate of drug-likeness (QED) is 0.815. The van der Waals surface area contributed by atoms with Crippen LogP contribution in [-0.2, 0) is 25.9 Å². The topological polar surface area (TPSA) is 26.9 Å². The van der Waals surface area contributed by atoms with Gasteiger partial charge in [0, 0.05) is 14.1 Å². The summed E-state index contributed by atoms with van der Waals surface area (Å²) in [4.78, 5) is 12.1. The first-order chi connectivity index (χ1) is 8.77. The van der Waals surface area contributed by atoms with Crippen LogP contribution in [0.4, 0.5) is 0 Å². The Kier molecular flexibility index (Phi) is 3.33. The Morgan fingerprint density at radius 2 is 1.74 bits per heavy atom. The number of fused-ring (bicyclic) bond motifs is 1. The molecule has 104 valence electrons. The summed E-state index contributed by atoms with van der Waals surface area (Å²) in [6, 6.07) is 4.43. The van der Waals surface area contributed by atoms with Crippen molar-refractivity contribution in [3.8, 4) is 0 Å². The molecule has 0 amide bonds. The van der Waals surface area contributed by atoms with Gasteiger partial charge in [-0.25, -0.2) is 4.79 Å². The van der Waals surface area contributed by atoms with Gasteiger partial charge in [0.1, 0.15) is 0 Å². The monoisotopic (exact) mass is 260 g/mol. The molecule has 0 saturated carbocycles. The van der Waals surface area contributed by atoms with E-state index >= 15 is 0 Å². The number of aromatic nitrogens is 2. The number of imidazole rings is 1. The van der Waals surface area contributed by atoms with Gasteiger partial charge in [-0.05, 0) is 29.0 Å². The standard InChI is InChI=1S/C16H24N2O/c1-7-8-11-9-12(16(2,3)4)10-13-14(11)18(6)15(19)17(13)5/h9-10H,7-8H2,1-6H3. The SMILES string of the molecule is CCCc1cc(C(C)(C)C)cc2c1n(C)c(=O)n2C. The van der Waals surface area contributed by atoms with Crippen molar-refractivity contribution in [1.82, 2.24) is 9.13 Å². The normalized spacial score (nSPS) is 12.3. The van der Waals surface area contributed by atoms with Crippen LogP contribution in [0.2, 0.25) is 0 Å². The highest BCUT2D eigenvalue weighted by atomic mass is 16.1. The molecule has 19 heavy (non-hydrogen) atoms. The molecule has 0 aliphatic rings. The van der Waals surface area contributed by atoms with E-state index in [9.17, 15) is 4.79 Å². The molecular formula is C16H24N2O. The van der Waals surface area contributed by atoms with Crippen molar-refractivity contribution in [2.45, 2.75) is 46.0 Å². The van der Waals surface area contributed by atoms with E-state index in [1.54, 1.807) is 9.13 Å². The number of rotatable bonds is 2. The maximum atomic E-state index is 12.1. The summed E-state index contributed by atoms with van der Waals surface area (Å²) in [7, 11) is 3.72. The zero-order valence-electron chi connectivity index (χ0n) is 12.9. The highest BCUT2D eigenvalue weighted by Crippen LogP contribution is 2.29. The number of nitrogens with zero attached hydrogens (tertiary/aromatic N) is 2. The zero-order valence-corrected chi connectivity index (χ0v) is 12.9. The van der Waals surface area contributed by atoms with Gasteiger partial charge in [-0.1, -0.05) is 40.2 Å². The maximum absolute atomic E-state index is 12.1. The minimum absolute atomic E-state index is 0.0541. The smallest absolute Gasteiger partial charge is 0.295 e. The van der Waals surface area contributed by atoms with E-state index in [1.807, 2.05) is 14.1 Å². The molecule has 0 aliphatic heterocycles. The molecule has 0 unspecified atom stereocenters. The molecule has 1 aromatic heterocycles.